The van der Waals surface area contributed by atoms with Crippen LogP contribution < -0.4 is 11.0 Å². The van der Waals surface area contributed by atoms with Crippen molar-refractivity contribution < 1.29 is 4.79 Å². The van der Waals surface area contributed by atoms with Crippen LogP contribution in [-0.2, 0) is 4.79 Å². The van der Waals surface area contributed by atoms with Gasteiger partial charge >= 0.3 is 5.69 Å². The van der Waals surface area contributed by atoms with Crippen LogP contribution in [0.1, 0.15) is 19.3 Å². The van der Waals surface area contributed by atoms with Crippen LogP contribution in [0.2, 0.25) is 0 Å². The number of H-pyrrole nitrogens is 1. The van der Waals surface area contributed by atoms with E-state index in [4.69, 9.17) is 0 Å². The van der Waals surface area contributed by atoms with Gasteiger partial charge in [-0.3, -0.25) is 4.79 Å². The molecule has 8 heteroatoms. The van der Waals surface area contributed by atoms with E-state index < -0.39 is 0 Å². The predicted octanol–water partition coefficient (Wildman–Crippen LogP) is -0.158. The first-order valence-electron chi connectivity index (χ1n) is 6.70. The van der Waals surface area contributed by atoms with Crippen LogP contribution in [0, 0.1) is 0 Å². The first-order valence-corrected chi connectivity index (χ1v) is 6.70. The van der Waals surface area contributed by atoms with E-state index in [2.05, 4.69) is 20.6 Å². The van der Waals surface area contributed by atoms with E-state index in [1.54, 1.807) is 12.1 Å². The lowest BCUT2D eigenvalue weighted by Gasteiger charge is -2.15. The molecule has 0 radical (unpaired) electrons. The average molecular weight is 276 g/mol. The molecule has 2 aromatic heterocycles. The third-order valence-electron chi connectivity index (χ3n) is 3.38. The van der Waals surface area contributed by atoms with Gasteiger partial charge in [0.15, 0.2) is 5.65 Å². The summed E-state index contributed by atoms with van der Waals surface area (Å²) in [6, 6.07) is 3.42. The molecule has 8 nitrogen and oxygen atoms in total. The van der Waals surface area contributed by atoms with E-state index in [0.29, 0.717) is 24.4 Å². The molecule has 1 aliphatic heterocycles. The maximum Gasteiger partial charge on any atom is 0.364 e. The fraction of sp³-hybridized carbons (Fsp3) is 0.500. The van der Waals surface area contributed by atoms with Crippen LogP contribution in [-0.4, -0.2) is 50.3 Å². The third kappa shape index (κ3) is 2.49. The second-order valence-electron chi connectivity index (χ2n) is 4.78. The molecule has 20 heavy (non-hydrogen) atoms. The highest BCUT2D eigenvalue weighted by molar-refractivity contribution is 5.76. The molecule has 1 saturated heterocycles. The van der Waals surface area contributed by atoms with E-state index in [9.17, 15) is 9.59 Å². The summed E-state index contributed by atoms with van der Waals surface area (Å²) in [7, 11) is 0. The zero-order valence-corrected chi connectivity index (χ0v) is 11.0. The summed E-state index contributed by atoms with van der Waals surface area (Å²) in [6.45, 7) is 2.24. The van der Waals surface area contributed by atoms with Crippen molar-refractivity contribution in [2.45, 2.75) is 19.3 Å². The summed E-state index contributed by atoms with van der Waals surface area (Å²) in [5.74, 6) is 0.715. The number of carbonyl (C=O) groups is 1. The molecule has 0 bridgehead atoms. The minimum atomic E-state index is -0.378. The second-order valence-corrected chi connectivity index (χ2v) is 4.78. The van der Waals surface area contributed by atoms with Gasteiger partial charge in [-0.25, -0.2) is 9.89 Å². The number of hydrogen-bond donors (Lipinski definition) is 2. The summed E-state index contributed by atoms with van der Waals surface area (Å²) >= 11 is 0. The summed E-state index contributed by atoms with van der Waals surface area (Å²) < 4.78 is 1.19. The lowest BCUT2D eigenvalue weighted by molar-refractivity contribution is -0.129. The monoisotopic (exact) mass is 276 g/mol. The Labute approximate surface area is 114 Å². The molecule has 2 N–H and O–H groups in total. The molecule has 0 aromatic carbocycles. The number of nitrogens with zero attached hydrogens (tertiary/aromatic N) is 4. The van der Waals surface area contributed by atoms with E-state index >= 15 is 0 Å². The summed E-state index contributed by atoms with van der Waals surface area (Å²) in [5, 5.41) is 13.3. The molecule has 0 saturated carbocycles. The summed E-state index contributed by atoms with van der Waals surface area (Å²) in [6.07, 6.45) is 2.63. The van der Waals surface area contributed by atoms with Crippen LogP contribution in [0.15, 0.2) is 16.9 Å². The Morgan fingerprint density at radius 1 is 1.35 bits per heavy atom. The molecule has 2 aromatic rings. The first kappa shape index (κ1) is 12.6. The maximum atomic E-state index is 11.9. The maximum absolute atomic E-state index is 11.9. The molecule has 0 aliphatic carbocycles. The van der Waals surface area contributed by atoms with Gasteiger partial charge < -0.3 is 10.2 Å². The molecule has 1 fully saturated rings. The van der Waals surface area contributed by atoms with Crippen molar-refractivity contribution in [2.75, 3.05) is 25.0 Å². The Kier molecular flexibility index (Phi) is 3.36. The Hall–Kier alpha value is -2.38. The van der Waals surface area contributed by atoms with Gasteiger partial charge in [0.25, 0.3) is 0 Å². The minimum Gasteiger partial charge on any atom is -0.368 e. The topological polar surface area (TPSA) is 95.4 Å². The molecule has 1 aliphatic rings. The van der Waals surface area contributed by atoms with Crippen molar-refractivity contribution in [2.24, 2.45) is 0 Å². The van der Waals surface area contributed by atoms with Crippen LogP contribution in [0.5, 0.6) is 0 Å². The van der Waals surface area contributed by atoms with Crippen LogP contribution in [0.4, 0.5) is 5.82 Å². The highest BCUT2D eigenvalue weighted by atomic mass is 16.2. The highest BCUT2D eigenvalue weighted by Crippen LogP contribution is 2.09. The van der Waals surface area contributed by atoms with E-state index in [1.807, 2.05) is 4.90 Å². The largest absolute Gasteiger partial charge is 0.368 e. The summed E-state index contributed by atoms with van der Waals surface area (Å²) in [5.41, 5.74) is 0.0884. The normalized spacial score (nSPS) is 14.9. The molecular formula is C12H16N6O2. The molecule has 0 spiro atoms. The molecule has 1 amide bonds. The number of nitrogens with one attached hydrogen (secondary N) is 2. The fourth-order valence-electron chi connectivity index (χ4n) is 2.32. The van der Waals surface area contributed by atoms with Gasteiger partial charge in [-0.15, -0.1) is 5.10 Å². The van der Waals surface area contributed by atoms with Crippen LogP contribution in [0.25, 0.3) is 5.65 Å². The van der Waals surface area contributed by atoms with Gasteiger partial charge in [-0.2, -0.15) is 9.61 Å². The lowest BCUT2D eigenvalue weighted by Crippen LogP contribution is -2.29. The number of amides is 1. The number of likely N-dealkylation sites (tertiary alicyclic amines) is 1. The third-order valence-corrected chi connectivity index (χ3v) is 3.38. The van der Waals surface area contributed by atoms with Crippen molar-refractivity contribution in [3.05, 3.63) is 22.6 Å². The number of aromatic amines is 1. The lowest BCUT2D eigenvalue weighted by atomic mass is 10.3. The van der Waals surface area contributed by atoms with E-state index in [0.717, 1.165) is 25.9 Å². The minimum absolute atomic E-state index is 0.163. The van der Waals surface area contributed by atoms with Crippen LogP contribution >= 0.6 is 0 Å². The van der Waals surface area contributed by atoms with E-state index in [1.165, 1.54) is 4.52 Å². The molecule has 0 atom stereocenters. The quantitative estimate of drug-likeness (QED) is 0.809. The molecular weight excluding hydrogens is 260 g/mol. The smallest absolute Gasteiger partial charge is 0.364 e. The molecule has 3 rings (SSSR count). The molecule has 0 unspecified atom stereocenters. The Morgan fingerprint density at radius 3 is 2.95 bits per heavy atom. The highest BCUT2D eigenvalue weighted by Gasteiger charge is 2.17. The van der Waals surface area contributed by atoms with Gasteiger partial charge in [0.2, 0.25) is 5.91 Å². The van der Waals surface area contributed by atoms with Gasteiger partial charge in [0.1, 0.15) is 5.82 Å². The number of anilines is 1. The zero-order valence-electron chi connectivity index (χ0n) is 11.0. The van der Waals surface area contributed by atoms with Crippen molar-refractivity contribution in [3.8, 4) is 0 Å². The Bertz CT molecular complexity index is 670. The van der Waals surface area contributed by atoms with Crippen LogP contribution in [0.3, 0.4) is 0 Å². The SMILES string of the molecule is O=C(CCNc1ccc2n[nH]c(=O)n2n1)N1CCCC1. The van der Waals surface area contributed by atoms with Crippen molar-refractivity contribution in [1.29, 1.82) is 0 Å². The van der Waals surface area contributed by atoms with Crippen molar-refractivity contribution in [1.82, 2.24) is 24.7 Å². The average Bonchev–Trinajstić information content (AvgIpc) is 3.09. The van der Waals surface area contributed by atoms with Gasteiger partial charge in [-0.1, -0.05) is 0 Å². The van der Waals surface area contributed by atoms with Crippen molar-refractivity contribution >= 4 is 17.4 Å². The summed E-state index contributed by atoms with van der Waals surface area (Å²) in [4.78, 5) is 25.1. The van der Waals surface area contributed by atoms with Gasteiger partial charge in [-0.05, 0) is 25.0 Å². The van der Waals surface area contributed by atoms with Gasteiger partial charge in [0, 0.05) is 26.1 Å². The fourth-order valence-corrected chi connectivity index (χ4v) is 2.32. The molecule has 3 heterocycles. The predicted molar refractivity (Wildman–Crippen MR) is 72.5 cm³/mol. The molecule has 106 valence electrons. The second kappa shape index (κ2) is 5.32. The van der Waals surface area contributed by atoms with Crippen molar-refractivity contribution in [3.63, 3.8) is 0 Å². The number of hydrogen-bond acceptors (Lipinski definition) is 5. The zero-order chi connectivity index (χ0) is 13.9. The number of rotatable bonds is 4. The number of aromatic nitrogens is 4. The Morgan fingerprint density at radius 2 is 2.15 bits per heavy atom. The standard InChI is InChI=1S/C12H16N6O2/c19-11(17-7-1-2-8-17)5-6-13-9-3-4-10-14-15-12(20)18(10)16-9/h3-4H,1-2,5-8H2,(H,13,16)(H,15,20). The van der Waals surface area contributed by atoms with E-state index in [-0.39, 0.29) is 11.6 Å². The number of fused-ring (bicyclic) bond motifs is 1. The Balaban J connectivity index is 1.58. The first-order chi connectivity index (χ1) is 9.74. The number of carbonyl (C=O) groups excluding carboxylic acids is 1. The van der Waals surface area contributed by atoms with Gasteiger partial charge in [0.05, 0.1) is 0 Å².